The van der Waals surface area contributed by atoms with Gasteiger partial charge in [0.25, 0.3) is 0 Å². The number of nitrogens with zero attached hydrogens (tertiary/aromatic N) is 2. The van der Waals surface area contributed by atoms with Crippen LogP contribution in [0.3, 0.4) is 0 Å². The molecule has 0 fully saturated rings. The van der Waals surface area contributed by atoms with Crippen molar-refractivity contribution in [1.82, 2.24) is 9.97 Å². The van der Waals surface area contributed by atoms with Crippen molar-refractivity contribution in [3.63, 3.8) is 0 Å². The molecule has 116 valence electrons. The molecule has 1 aliphatic rings. The Morgan fingerprint density at radius 2 is 1.58 bits per heavy atom. The minimum Gasteiger partial charge on any atom is -0.408 e. The van der Waals surface area contributed by atoms with E-state index in [1.165, 1.54) is 0 Å². The topological polar surface area (TPSA) is 64.1 Å². The average molecular weight is 333 g/mol. The number of cyclic esters (lactones) is 1. The van der Waals surface area contributed by atoms with Gasteiger partial charge < -0.3 is 10.1 Å². The van der Waals surface area contributed by atoms with E-state index in [2.05, 4.69) is 15.3 Å². The Kier molecular flexibility index (Phi) is 3.51. The van der Waals surface area contributed by atoms with E-state index in [4.69, 9.17) is 17.0 Å². The highest BCUT2D eigenvalue weighted by atomic mass is 32.1. The minimum atomic E-state index is -0.534. The number of esters is 1. The van der Waals surface area contributed by atoms with Crippen molar-refractivity contribution in [3.8, 4) is 11.4 Å². The van der Waals surface area contributed by atoms with E-state index in [0.29, 0.717) is 17.3 Å². The van der Waals surface area contributed by atoms with Crippen LogP contribution < -0.4 is 5.32 Å². The largest absolute Gasteiger partial charge is 0.408 e. The molecule has 1 aliphatic heterocycles. The van der Waals surface area contributed by atoms with Crippen molar-refractivity contribution in [2.24, 2.45) is 0 Å². The Labute approximate surface area is 143 Å². The summed E-state index contributed by atoms with van der Waals surface area (Å²) in [5.74, 6) is 0.330. The number of hydrogen-bond donors (Lipinski definition) is 1. The van der Waals surface area contributed by atoms with Crippen molar-refractivity contribution >= 4 is 34.7 Å². The SMILES string of the molecule is O=C1OC(=S)c2nc(-c3ccccc3)nc(Nc3ccccc3)c21. The normalized spacial score (nSPS) is 12.7. The molecule has 3 aromatic rings. The van der Waals surface area contributed by atoms with Crippen LogP contribution in [0, 0.1) is 0 Å². The van der Waals surface area contributed by atoms with Crippen LogP contribution in [-0.2, 0) is 4.74 Å². The number of para-hydroxylation sites is 1. The lowest BCUT2D eigenvalue weighted by molar-refractivity contribution is 0.0742. The van der Waals surface area contributed by atoms with Crippen LogP contribution in [0.4, 0.5) is 11.5 Å². The molecule has 2 aromatic carbocycles. The van der Waals surface area contributed by atoms with Gasteiger partial charge in [0.15, 0.2) is 5.82 Å². The highest BCUT2D eigenvalue weighted by Gasteiger charge is 2.33. The molecule has 6 heteroatoms. The molecule has 0 unspecified atom stereocenters. The molecule has 2 heterocycles. The Hall–Kier alpha value is -3.12. The van der Waals surface area contributed by atoms with Gasteiger partial charge in [-0.05, 0) is 24.4 Å². The lowest BCUT2D eigenvalue weighted by Gasteiger charge is -2.10. The van der Waals surface area contributed by atoms with E-state index in [9.17, 15) is 4.79 Å². The fourth-order valence-electron chi connectivity index (χ4n) is 2.45. The van der Waals surface area contributed by atoms with Gasteiger partial charge in [-0.3, -0.25) is 0 Å². The second-order valence-electron chi connectivity index (χ2n) is 5.15. The first-order chi connectivity index (χ1) is 11.7. The van der Waals surface area contributed by atoms with Gasteiger partial charge in [-0.15, -0.1) is 0 Å². The van der Waals surface area contributed by atoms with Gasteiger partial charge in [-0.25, -0.2) is 14.8 Å². The Morgan fingerprint density at radius 1 is 0.917 bits per heavy atom. The Balaban J connectivity index is 1.88. The summed E-state index contributed by atoms with van der Waals surface area (Å²) in [6, 6.07) is 19.0. The quantitative estimate of drug-likeness (QED) is 0.582. The summed E-state index contributed by atoms with van der Waals surface area (Å²) in [6.07, 6.45) is 0. The number of fused-ring (bicyclic) bond motifs is 1. The predicted octanol–water partition coefficient (Wildman–Crippen LogP) is 3.73. The fraction of sp³-hybridized carbons (Fsp3) is 0. The number of rotatable bonds is 3. The van der Waals surface area contributed by atoms with E-state index in [1.807, 2.05) is 60.7 Å². The van der Waals surface area contributed by atoms with E-state index in [-0.39, 0.29) is 10.6 Å². The summed E-state index contributed by atoms with van der Waals surface area (Å²) >= 11 is 5.12. The highest BCUT2D eigenvalue weighted by molar-refractivity contribution is 7.80. The summed E-state index contributed by atoms with van der Waals surface area (Å²) in [5, 5.41) is 3.23. The maximum atomic E-state index is 12.1. The second kappa shape index (κ2) is 5.82. The van der Waals surface area contributed by atoms with Crippen molar-refractivity contribution in [1.29, 1.82) is 0 Å². The molecule has 0 radical (unpaired) electrons. The van der Waals surface area contributed by atoms with Crippen molar-refractivity contribution in [2.45, 2.75) is 0 Å². The van der Waals surface area contributed by atoms with Crippen LogP contribution in [0.2, 0.25) is 0 Å². The molecule has 0 spiro atoms. The first-order valence-corrected chi connectivity index (χ1v) is 7.69. The molecule has 0 saturated carbocycles. The number of carbonyl (C=O) groups is 1. The maximum Gasteiger partial charge on any atom is 0.350 e. The van der Waals surface area contributed by atoms with Gasteiger partial charge in [-0.1, -0.05) is 48.5 Å². The van der Waals surface area contributed by atoms with E-state index in [1.54, 1.807) is 0 Å². The van der Waals surface area contributed by atoms with Gasteiger partial charge in [0.2, 0.25) is 5.05 Å². The van der Waals surface area contributed by atoms with E-state index in [0.717, 1.165) is 11.3 Å². The lowest BCUT2D eigenvalue weighted by Crippen LogP contribution is -2.07. The van der Waals surface area contributed by atoms with Crippen LogP contribution >= 0.6 is 12.2 Å². The molecule has 1 aromatic heterocycles. The third-order valence-corrected chi connectivity index (χ3v) is 3.84. The third-order valence-electron chi connectivity index (χ3n) is 3.56. The standard InChI is InChI=1S/C18H11N3O2S/c22-17-13-14(18(24)23-17)20-15(11-7-3-1-4-8-11)21-16(13)19-12-9-5-2-6-10-12/h1-10H,(H,19,20,21). The molecular formula is C18H11N3O2S. The van der Waals surface area contributed by atoms with E-state index >= 15 is 0 Å². The number of anilines is 2. The number of hydrogen-bond acceptors (Lipinski definition) is 6. The zero-order chi connectivity index (χ0) is 16.5. The summed E-state index contributed by atoms with van der Waals surface area (Å²) in [6.45, 7) is 0. The molecule has 5 nitrogen and oxygen atoms in total. The Morgan fingerprint density at radius 3 is 2.29 bits per heavy atom. The number of aromatic nitrogens is 2. The summed E-state index contributed by atoms with van der Waals surface area (Å²) in [4.78, 5) is 21.0. The number of nitrogens with one attached hydrogen (secondary N) is 1. The van der Waals surface area contributed by atoms with Crippen LogP contribution in [-0.4, -0.2) is 21.0 Å². The molecule has 0 saturated heterocycles. The monoisotopic (exact) mass is 333 g/mol. The van der Waals surface area contributed by atoms with E-state index < -0.39 is 5.97 Å². The molecule has 0 amide bonds. The van der Waals surface area contributed by atoms with Crippen LogP contribution in [0.1, 0.15) is 16.1 Å². The van der Waals surface area contributed by atoms with Crippen molar-refractivity contribution in [3.05, 3.63) is 71.9 Å². The lowest BCUT2D eigenvalue weighted by atomic mass is 10.1. The molecule has 0 bridgehead atoms. The van der Waals surface area contributed by atoms with Gasteiger partial charge >= 0.3 is 5.97 Å². The molecule has 0 atom stereocenters. The third kappa shape index (κ3) is 2.53. The molecule has 4 rings (SSSR count). The number of ether oxygens (including phenoxy) is 1. The van der Waals surface area contributed by atoms with Crippen molar-refractivity contribution < 1.29 is 9.53 Å². The zero-order valence-corrected chi connectivity index (χ0v) is 13.2. The minimum absolute atomic E-state index is 0.0747. The Bertz CT molecular complexity index is 943. The summed E-state index contributed by atoms with van der Waals surface area (Å²) in [5.41, 5.74) is 2.26. The second-order valence-corrected chi connectivity index (χ2v) is 5.52. The first kappa shape index (κ1) is 14.5. The summed E-state index contributed by atoms with van der Waals surface area (Å²) < 4.78 is 5.05. The zero-order valence-electron chi connectivity index (χ0n) is 12.4. The van der Waals surface area contributed by atoms with Gasteiger partial charge in [0.05, 0.1) is 0 Å². The molecular weight excluding hydrogens is 322 g/mol. The average Bonchev–Trinajstić information content (AvgIpc) is 2.91. The number of benzene rings is 2. The first-order valence-electron chi connectivity index (χ1n) is 7.28. The highest BCUT2D eigenvalue weighted by Crippen LogP contribution is 2.30. The smallest absolute Gasteiger partial charge is 0.350 e. The number of thiocarbonyl (C=S) groups is 1. The number of carbonyl (C=O) groups excluding carboxylic acids is 1. The van der Waals surface area contributed by atoms with Crippen molar-refractivity contribution in [2.75, 3.05) is 5.32 Å². The van der Waals surface area contributed by atoms with Gasteiger partial charge in [0.1, 0.15) is 17.1 Å². The molecule has 24 heavy (non-hydrogen) atoms. The van der Waals surface area contributed by atoms with Crippen LogP contribution in [0.25, 0.3) is 11.4 Å². The molecule has 1 N–H and O–H groups in total. The van der Waals surface area contributed by atoms with Gasteiger partial charge in [-0.2, -0.15) is 0 Å². The molecule has 0 aliphatic carbocycles. The maximum absolute atomic E-state index is 12.1. The summed E-state index contributed by atoms with van der Waals surface area (Å²) in [7, 11) is 0. The predicted molar refractivity (Wildman–Crippen MR) is 94.3 cm³/mol. The van der Waals surface area contributed by atoms with Gasteiger partial charge in [0, 0.05) is 11.3 Å². The fourth-order valence-corrected chi connectivity index (χ4v) is 2.67. The van der Waals surface area contributed by atoms with Crippen LogP contribution in [0.5, 0.6) is 0 Å². The van der Waals surface area contributed by atoms with Crippen LogP contribution in [0.15, 0.2) is 60.7 Å².